The summed E-state index contributed by atoms with van der Waals surface area (Å²) in [4.78, 5) is 15.6. The van der Waals surface area contributed by atoms with Gasteiger partial charge in [-0.1, -0.05) is 32.9 Å². The highest BCUT2D eigenvalue weighted by atomic mass is 16.2. The van der Waals surface area contributed by atoms with Crippen LogP contribution in [0.3, 0.4) is 0 Å². The second-order valence-corrected chi connectivity index (χ2v) is 5.29. The number of carbonyl (C=O) groups excluding carboxylic acids is 1. The Kier molecular flexibility index (Phi) is 4.02. The lowest BCUT2D eigenvalue weighted by Crippen LogP contribution is -2.47. The third-order valence-electron chi connectivity index (χ3n) is 4.34. The van der Waals surface area contributed by atoms with E-state index >= 15 is 0 Å². The van der Waals surface area contributed by atoms with Crippen LogP contribution in [0.4, 0.5) is 5.69 Å². The third-order valence-corrected chi connectivity index (χ3v) is 4.34. The van der Waals surface area contributed by atoms with Crippen molar-refractivity contribution < 1.29 is 4.79 Å². The minimum Gasteiger partial charge on any atom is -0.397 e. The van der Waals surface area contributed by atoms with Crippen molar-refractivity contribution in [1.29, 1.82) is 0 Å². The zero-order valence-corrected chi connectivity index (χ0v) is 12.4. The fraction of sp³-hybridized carbons (Fsp3) is 0.438. The summed E-state index contributed by atoms with van der Waals surface area (Å²) in [5.74, 6) is -0.0637. The maximum atomic E-state index is 12.4. The van der Waals surface area contributed by atoms with Crippen LogP contribution in [-0.4, -0.2) is 16.4 Å². The number of fused-ring (bicyclic) bond motifs is 1. The number of nitrogens with one attached hydrogen (secondary N) is 2. The predicted molar refractivity (Wildman–Crippen MR) is 83.8 cm³/mol. The van der Waals surface area contributed by atoms with E-state index in [1.165, 1.54) is 0 Å². The number of amides is 1. The smallest absolute Gasteiger partial charge is 0.268 e. The van der Waals surface area contributed by atoms with Gasteiger partial charge in [0.2, 0.25) is 0 Å². The first kappa shape index (κ1) is 14.4. The molecule has 0 bridgehead atoms. The Hall–Kier alpha value is -1.97. The summed E-state index contributed by atoms with van der Waals surface area (Å²) in [6, 6.07) is 7.52. The minimum atomic E-state index is -0.125. The van der Waals surface area contributed by atoms with Crippen LogP contribution < -0.4 is 11.1 Å². The summed E-state index contributed by atoms with van der Waals surface area (Å²) in [7, 11) is 0. The molecule has 4 heteroatoms. The molecule has 0 fully saturated rings. The van der Waals surface area contributed by atoms with Gasteiger partial charge in [0.15, 0.2) is 0 Å². The van der Waals surface area contributed by atoms with E-state index in [2.05, 4.69) is 31.1 Å². The van der Waals surface area contributed by atoms with Gasteiger partial charge in [0.05, 0.1) is 11.2 Å². The van der Waals surface area contributed by atoms with Crippen LogP contribution >= 0.6 is 0 Å². The third kappa shape index (κ3) is 2.50. The summed E-state index contributed by atoms with van der Waals surface area (Å²) in [6.07, 6.45) is 2.77. The van der Waals surface area contributed by atoms with E-state index in [1.807, 2.05) is 24.3 Å². The second-order valence-electron chi connectivity index (χ2n) is 5.29. The van der Waals surface area contributed by atoms with Crippen molar-refractivity contribution in [2.45, 2.75) is 45.6 Å². The number of H-pyrrole nitrogens is 1. The number of para-hydroxylation sites is 1. The van der Waals surface area contributed by atoms with Crippen LogP contribution in [0.25, 0.3) is 10.9 Å². The van der Waals surface area contributed by atoms with Crippen LogP contribution in [0.15, 0.2) is 24.3 Å². The molecule has 108 valence electrons. The number of carbonyl (C=O) groups is 1. The van der Waals surface area contributed by atoms with Gasteiger partial charge in [-0.25, -0.2) is 0 Å². The van der Waals surface area contributed by atoms with E-state index in [0.717, 1.165) is 30.2 Å². The molecule has 2 aromatic rings. The van der Waals surface area contributed by atoms with Gasteiger partial charge in [-0.3, -0.25) is 4.79 Å². The van der Waals surface area contributed by atoms with Crippen LogP contribution in [0.2, 0.25) is 0 Å². The van der Waals surface area contributed by atoms with Crippen LogP contribution in [0.1, 0.15) is 50.5 Å². The highest BCUT2D eigenvalue weighted by molar-refractivity contribution is 6.01. The van der Waals surface area contributed by atoms with E-state index in [0.29, 0.717) is 11.4 Å². The van der Waals surface area contributed by atoms with E-state index in [4.69, 9.17) is 5.73 Å². The number of anilines is 1. The molecule has 0 radical (unpaired) electrons. The molecule has 20 heavy (non-hydrogen) atoms. The SMILES string of the molecule is CCC(CC)(CC)NC(=O)c1cc2cccc(N)c2[nH]1. The van der Waals surface area contributed by atoms with Crippen LogP contribution in [0, 0.1) is 0 Å². The number of rotatable bonds is 5. The maximum Gasteiger partial charge on any atom is 0.268 e. The lowest BCUT2D eigenvalue weighted by Gasteiger charge is -2.31. The number of hydrogen-bond donors (Lipinski definition) is 3. The molecule has 0 aliphatic carbocycles. The Morgan fingerprint density at radius 3 is 2.45 bits per heavy atom. The molecule has 0 aliphatic heterocycles. The number of nitrogens with two attached hydrogens (primary N) is 1. The largest absolute Gasteiger partial charge is 0.397 e. The first-order valence-corrected chi connectivity index (χ1v) is 7.25. The summed E-state index contributed by atoms with van der Waals surface area (Å²) in [5, 5.41) is 4.13. The normalized spacial score (nSPS) is 11.8. The van der Waals surface area contributed by atoms with Crippen molar-refractivity contribution in [2.75, 3.05) is 5.73 Å². The van der Waals surface area contributed by atoms with E-state index in [-0.39, 0.29) is 11.4 Å². The van der Waals surface area contributed by atoms with Gasteiger partial charge in [-0.2, -0.15) is 0 Å². The summed E-state index contributed by atoms with van der Waals surface area (Å²) in [5.41, 5.74) is 7.84. The van der Waals surface area contributed by atoms with Gasteiger partial charge in [-0.15, -0.1) is 0 Å². The molecule has 0 spiro atoms. The van der Waals surface area contributed by atoms with Gasteiger partial charge in [0.25, 0.3) is 5.91 Å². The van der Waals surface area contributed by atoms with Gasteiger partial charge in [0, 0.05) is 10.9 Å². The van der Waals surface area contributed by atoms with Crippen molar-refractivity contribution in [2.24, 2.45) is 0 Å². The van der Waals surface area contributed by atoms with Crippen molar-refractivity contribution in [1.82, 2.24) is 10.3 Å². The molecule has 1 aromatic heterocycles. The monoisotopic (exact) mass is 273 g/mol. The van der Waals surface area contributed by atoms with Gasteiger partial charge in [0.1, 0.15) is 5.69 Å². The number of aromatic nitrogens is 1. The Bertz CT molecular complexity index is 603. The minimum absolute atomic E-state index is 0.0637. The molecule has 1 amide bonds. The van der Waals surface area contributed by atoms with Crippen molar-refractivity contribution in [3.63, 3.8) is 0 Å². The molecular weight excluding hydrogens is 250 g/mol. The molecule has 1 heterocycles. The van der Waals surface area contributed by atoms with Crippen LogP contribution in [0.5, 0.6) is 0 Å². The number of aromatic amines is 1. The summed E-state index contributed by atoms with van der Waals surface area (Å²) >= 11 is 0. The molecule has 2 rings (SSSR count). The lowest BCUT2D eigenvalue weighted by molar-refractivity contribution is 0.0884. The van der Waals surface area contributed by atoms with Crippen molar-refractivity contribution in [3.8, 4) is 0 Å². The second kappa shape index (κ2) is 5.57. The zero-order chi connectivity index (χ0) is 14.8. The Morgan fingerprint density at radius 1 is 1.25 bits per heavy atom. The molecule has 4 N–H and O–H groups in total. The topological polar surface area (TPSA) is 70.9 Å². The van der Waals surface area contributed by atoms with E-state index < -0.39 is 0 Å². The molecule has 4 nitrogen and oxygen atoms in total. The number of nitrogen functional groups attached to an aromatic ring is 1. The first-order chi connectivity index (χ1) is 9.55. The van der Waals surface area contributed by atoms with Crippen LogP contribution in [-0.2, 0) is 0 Å². The first-order valence-electron chi connectivity index (χ1n) is 7.25. The molecule has 0 atom stereocenters. The van der Waals surface area contributed by atoms with Crippen molar-refractivity contribution in [3.05, 3.63) is 30.0 Å². The average Bonchev–Trinajstić information content (AvgIpc) is 2.90. The van der Waals surface area contributed by atoms with E-state index in [9.17, 15) is 4.79 Å². The Labute approximate surface area is 119 Å². The Morgan fingerprint density at radius 2 is 1.90 bits per heavy atom. The summed E-state index contributed by atoms with van der Waals surface area (Å²) in [6.45, 7) is 6.32. The quantitative estimate of drug-likeness (QED) is 0.730. The standard InChI is InChI=1S/C16H23N3O/c1-4-16(5-2,6-3)19-15(20)13-10-11-8-7-9-12(17)14(11)18-13/h7-10,18H,4-6,17H2,1-3H3,(H,19,20). The highest BCUT2D eigenvalue weighted by Crippen LogP contribution is 2.23. The van der Waals surface area contributed by atoms with Crippen molar-refractivity contribution >= 4 is 22.5 Å². The molecule has 0 saturated carbocycles. The Balaban J connectivity index is 2.30. The van der Waals surface area contributed by atoms with Gasteiger partial charge < -0.3 is 16.0 Å². The average molecular weight is 273 g/mol. The highest BCUT2D eigenvalue weighted by Gasteiger charge is 2.26. The maximum absolute atomic E-state index is 12.4. The molecule has 1 aromatic carbocycles. The summed E-state index contributed by atoms with van der Waals surface area (Å²) < 4.78 is 0. The fourth-order valence-electron chi connectivity index (χ4n) is 2.63. The molecule has 0 saturated heterocycles. The predicted octanol–water partition coefficient (Wildman–Crippen LogP) is 3.45. The number of benzene rings is 1. The molecule has 0 unspecified atom stereocenters. The lowest BCUT2D eigenvalue weighted by atomic mass is 9.89. The van der Waals surface area contributed by atoms with E-state index in [1.54, 1.807) is 0 Å². The van der Waals surface area contributed by atoms with Gasteiger partial charge >= 0.3 is 0 Å². The molecular formula is C16H23N3O. The van der Waals surface area contributed by atoms with Gasteiger partial charge in [-0.05, 0) is 31.4 Å². The fourth-order valence-corrected chi connectivity index (χ4v) is 2.63. The zero-order valence-electron chi connectivity index (χ0n) is 12.4. The molecule has 0 aliphatic rings. The number of hydrogen-bond acceptors (Lipinski definition) is 2.